The zero-order valence-corrected chi connectivity index (χ0v) is 14.3. The van der Waals surface area contributed by atoms with E-state index in [9.17, 15) is 0 Å². The molecular formula is C19H33NO. The SMILES string of the molecule is CCCCC(CCC)NC(C)c1ccc(OCCC)cc1. The first-order chi connectivity index (χ1) is 10.2. The lowest BCUT2D eigenvalue weighted by molar-refractivity contribution is 0.317. The number of nitrogens with one attached hydrogen (secondary N) is 1. The van der Waals surface area contributed by atoms with Crippen LogP contribution in [0.4, 0.5) is 0 Å². The zero-order valence-electron chi connectivity index (χ0n) is 14.3. The first kappa shape index (κ1) is 18.0. The Morgan fingerprint density at radius 3 is 2.24 bits per heavy atom. The second kappa shape index (κ2) is 10.7. The molecule has 2 atom stereocenters. The van der Waals surface area contributed by atoms with Gasteiger partial charge in [0.25, 0.3) is 0 Å². The van der Waals surface area contributed by atoms with Gasteiger partial charge < -0.3 is 10.1 Å². The van der Waals surface area contributed by atoms with Crippen molar-refractivity contribution in [3.8, 4) is 5.75 Å². The van der Waals surface area contributed by atoms with Crippen LogP contribution in [-0.4, -0.2) is 12.6 Å². The van der Waals surface area contributed by atoms with Gasteiger partial charge in [0.05, 0.1) is 6.61 Å². The van der Waals surface area contributed by atoms with E-state index >= 15 is 0 Å². The normalized spacial score (nSPS) is 13.9. The Morgan fingerprint density at radius 1 is 0.952 bits per heavy atom. The molecule has 0 aliphatic carbocycles. The molecule has 0 amide bonds. The molecule has 0 radical (unpaired) electrons. The monoisotopic (exact) mass is 291 g/mol. The van der Waals surface area contributed by atoms with Crippen molar-refractivity contribution < 1.29 is 4.74 Å². The van der Waals surface area contributed by atoms with Gasteiger partial charge in [-0.2, -0.15) is 0 Å². The van der Waals surface area contributed by atoms with Gasteiger partial charge in [-0.1, -0.05) is 52.2 Å². The van der Waals surface area contributed by atoms with Crippen molar-refractivity contribution in [3.05, 3.63) is 29.8 Å². The summed E-state index contributed by atoms with van der Waals surface area (Å²) in [5.74, 6) is 0.976. The van der Waals surface area contributed by atoms with E-state index in [0.29, 0.717) is 12.1 Å². The molecule has 0 heterocycles. The fraction of sp³-hybridized carbons (Fsp3) is 0.684. The maximum atomic E-state index is 5.64. The molecule has 2 nitrogen and oxygen atoms in total. The Balaban J connectivity index is 2.53. The molecule has 1 N–H and O–H groups in total. The van der Waals surface area contributed by atoms with Crippen LogP contribution in [0.2, 0.25) is 0 Å². The Hall–Kier alpha value is -1.02. The number of hydrogen-bond acceptors (Lipinski definition) is 2. The van der Waals surface area contributed by atoms with E-state index in [0.717, 1.165) is 18.8 Å². The summed E-state index contributed by atoms with van der Waals surface area (Å²) in [6, 6.07) is 9.59. The number of ether oxygens (including phenoxy) is 1. The topological polar surface area (TPSA) is 21.3 Å². The summed E-state index contributed by atoms with van der Waals surface area (Å²) in [5, 5.41) is 3.79. The molecule has 0 saturated heterocycles. The van der Waals surface area contributed by atoms with Crippen LogP contribution >= 0.6 is 0 Å². The third-order valence-corrected chi connectivity index (χ3v) is 3.88. The molecule has 21 heavy (non-hydrogen) atoms. The van der Waals surface area contributed by atoms with E-state index in [1.807, 2.05) is 0 Å². The molecule has 0 aromatic heterocycles. The van der Waals surface area contributed by atoms with Gasteiger partial charge in [-0.3, -0.25) is 0 Å². The predicted molar refractivity (Wildman–Crippen MR) is 92.0 cm³/mol. The highest BCUT2D eigenvalue weighted by molar-refractivity contribution is 5.29. The standard InChI is InChI=1S/C19H33NO/c1-5-8-10-18(9-6-2)20-16(4)17-11-13-19(14-12-17)21-15-7-3/h11-14,16,18,20H,5-10,15H2,1-4H3. The molecule has 1 aromatic carbocycles. The van der Waals surface area contributed by atoms with Crippen LogP contribution < -0.4 is 10.1 Å². The molecule has 0 aliphatic rings. The summed E-state index contributed by atoms with van der Waals surface area (Å²) in [5.41, 5.74) is 1.34. The number of hydrogen-bond donors (Lipinski definition) is 1. The molecule has 0 spiro atoms. The van der Waals surface area contributed by atoms with Gasteiger partial charge in [0.15, 0.2) is 0 Å². The maximum absolute atomic E-state index is 5.64. The van der Waals surface area contributed by atoms with Gasteiger partial charge in [-0.25, -0.2) is 0 Å². The molecule has 0 aliphatic heterocycles. The van der Waals surface area contributed by atoms with Crippen LogP contribution in [0.25, 0.3) is 0 Å². The van der Waals surface area contributed by atoms with Crippen LogP contribution in [-0.2, 0) is 0 Å². The van der Waals surface area contributed by atoms with Gasteiger partial charge in [0.1, 0.15) is 5.75 Å². The smallest absolute Gasteiger partial charge is 0.119 e. The first-order valence-corrected chi connectivity index (χ1v) is 8.70. The van der Waals surface area contributed by atoms with Gasteiger partial charge in [-0.05, 0) is 43.9 Å². The molecule has 1 rings (SSSR count). The highest BCUT2D eigenvalue weighted by Gasteiger charge is 2.12. The second-order valence-electron chi connectivity index (χ2n) is 5.93. The van der Waals surface area contributed by atoms with Gasteiger partial charge in [0.2, 0.25) is 0 Å². The Bertz CT molecular complexity index is 360. The molecule has 0 fully saturated rings. The quantitative estimate of drug-likeness (QED) is 0.582. The summed E-state index contributed by atoms with van der Waals surface area (Å²) < 4.78 is 5.64. The Labute approximate surface area is 131 Å². The first-order valence-electron chi connectivity index (χ1n) is 8.70. The van der Waals surface area contributed by atoms with E-state index in [4.69, 9.17) is 4.74 Å². The fourth-order valence-corrected chi connectivity index (χ4v) is 2.63. The third-order valence-electron chi connectivity index (χ3n) is 3.88. The number of unbranched alkanes of at least 4 members (excludes halogenated alkanes) is 1. The van der Waals surface area contributed by atoms with E-state index in [2.05, 4.69) is 57.3 Å². The Kier molecular flexibility index (Phi) is 9.16. The molecule has 2 heteroatoms. The van der Waals surface area contributed by atoms with Crippen LogP contribution in [0.5, 0.6) is 5.75 Å². The largest absolute Gasteiger partial charge is 0.494 e. The second-order valence-corrected chi connectivity index (χ2v) is 5.93. The van der Waals surface area contributed by atoms with Gasteiger partial charge in [-0.15, -0.1) is 0 Å². The predicted octanol–water partition coefficient (Wildman–Crippen LogP) is 5.48. The number of benzene rings is 1. The van der Waals surface area contributed by atoms with Crippen LogP contribution in [0.3, 0.4) is 0 Å². The molecular weight excluding hydrogens is 258 g/mol. The van der Waals surface area contributed by atoms with Crippen LogP contribution in [0.15, 0.2) is 24.3 Å². The highest BCUT2D eigenvalue weighted by Crippen LogP contribution is 2.20. The molecule has 120 valence electrons. The minimum absolute atomic E-state index is 0.402. The fourth-order valence-electron chi connectivity index (χ4n) is 2.63. The van der Waals surface area contributed by atoms with Crippen molar-refractivity contribution >= 4 is 0 Å². The van der Waals surface area contributed by atoms with E-state index in [-0.39, 0.29) is 0 Å². The average Bonchev–Trinajstić information content (AvgIpc) is 2.51. The molecule has 0 saturated carbocycles. The summed E-state index contributed by atoms with van der Waals surface area (Å²) in [6.07, 6.45) is 7.44. The van der Waals surface area contributed by atoms with Crippen LogP contribution in [0, 0.1) is 0 Å². The third kappa shape index (κ3) is 6.99. The minimum Gasteiger partial charge on any atom is -0.494 e. The summed E-state index contributed by atoms with van der Waals surface area (Å²) in [6.45, 7) is 9.72. The summed E-state index contributed by atoms with van der Waals surface area (Å²) in [7, 11) is 0. The minimum atomic E-state index is 0.402. The summed E-state index contributed by atoms with van der Waals surface area (Å²) in [4.78, 5) is 0. The van der Waals surface area contributed by atoms with Crippen molar-refractivity contribution in [2.24, 2.45) is 0 Å². The lowest BCUT2D eigenvalue weighted by atomic mass is 10.0. The average molecular weight is 291 g/mol. The zero-order chi connectivity index (χ0) is 15.5. The molecule has 1 aromatic rings. The van der Waals surface area contributed by atoms with Gasteiger partial charge >= 0.3 is 0 Å². The molecule has 2 unspecified atom stereocenters. The van der Waals surface area contributed by atoms with E-state index in [1.165, 1.54) is 37.7 Å². The summed E-state index contributed by atoms with van der Waals surface area (Å²) >= 11 is 0. The van der Waals surface area contributed by atoms with Gasteiger partial charge in [0, 0.05) is 12.1 Å². The molecule has 0 bridgehead atoms. The van der Waals surface area contributed by atoms with Crippen LogP contribution in [0.1, 0.15) is 77.8 Å². The van der Waals surface area contributed by atoms with E-state index in [1.54, 1.807) is 0 Å². The lowest BCUT2D eigenvalue weighted by Crippen LogP contribution is -2.31. The van der Waals surface area contributed by atoms with Crippen molar-refractivity contribution in [1.82, 2.24) is 5.32 Å². The van der Waals surface area contributed by atoms with Crippen molar-refractivity contribution in [2.45, 2.75) is 78.3 Å². The van der Waals surface area contributed by atoms with Crippen molar-refractivity contribution in [1.29, 1.82) is 0 Å². The van der Waals surface area contributed by atoms with Crippen molar-refractivity contribution in [3.63, 3.8) is 0 Å². The lowest BCUT2D eigenvalue weighted by Gasteiger charge is -2.23. The Morgan fingerprint density at radius 2 is 1.67 bits per heavy atom. The van der Waals surface area contributed by atoms with E-state index < -0.39 is 0 Å². The maximum Gasteiger partial charge on any atom is 0.119 e. The number of rotatable bonds is 11. The van der Waals surface area contributed by atoms with Crippen molar-refractivity contribution in [2.75, 3.05) is 6.61 Å². The highest BCUT2D eigenvalue weighted by atomic mass is 16.5.